The van der Waals surface area contributed by atoms with Crippen molar-refractivity contribution in [1.82, 2.24) is 4.98 Å². The number of benzene rings is 1. The number of aromatic nitrogens is 1. The SMILES string of the molecule is Cc1ncsc1CCOCc1ccc(F)cc1C(=N)N. The van der Waals surface area contributed by atoms with Crippen LogP contribution in [0, 0.1) is 18.2 Å². The molecule has 106 valence electrons. The summed E-state index contributed by atoms with van der Waals surface area (Å²) >= 11 is 1.61. The smallest absolute Gasteiger partial charge is 0.123 e. The maximum atomic E-state index is 13.1. The summed E-state index contributed by atoms with van der Waals surface area (Å²) in [4.78, 5) is 5.38. The lowest BCUT2D eigenvalue weighted by molar-refractivity contribution is 0.124. The number of aryl methyl sites for hydroxylation is 1. The van der Waals surface area contributed by atoms with E-state index in [4.69, 9.17) is 15.9 Å². The van der Waals surface area contributed by atoms with Gasteiger partial charge in [0, 0.05) is 16.9 Å². The highest BCUT2D eigenvalue weighted by Gasteiger charge is 2.07. The van der Waals surface area contributed by atoms with Crippen LogP contribution in [0.1, 0.15) is 21.7 Å². The van der Waals surface area contributed by atoms with Crippen LogP contribution in [0.15, 0.2) is 23.7 Å². The normalized spacial score (nSPS) is 10.7. The van der Waals surface area contributed by atoms with E-state index in [-0.39, 0.29) is 5.84 Å². The Morgan fingerprint density at radius 2 is 2.30 bits per heavy atom. The fourth-order valence-electron chi connectivity index (χ4n) is 1.84. The molecule has 0 amide bonds. The second-order valence-electron chi connectivity index (χ2n) is 4.38. The summed E-state index contributed by atoms with van der Waals surface area (Å²) in [6, 6.07) is 4.21. The molecule has 0 fully saturated rings. The molecule has 0 saturated carbocycles. The van der Waals surface area contributed by atoms with Gasteiger partial charge in [0.1, 0.15) is 11.7 Å². The van der Waals surface area contributed by atoms with Crippen LogP contribution < -0.4 is 5.73 Å². The second-order valence-corrected chi connectivity index (χ2v) is 5.32. The van der Waals surface area contributed by atoms with Gasteiger partial charge in [-0.1, -0.05) is 6.07 Å². The van der Waals surface area contributed by atoms with Crippen LogP contribution in [-0.2, 0) is 17.8 Å². The number of nitrogens with one attached hydrogen (secondary N) is 1. The number of ether oxygens (including phenoxy) is 1. The molecule has 0 bridgehead atoms. The molecule has 1 heterocycles. The number of halogens is 1. The predicted octanol–water partition coefficient (Wildman–Crippen LogP) is 2.63. The highest BCUT2D eigenvalue weighted by molar-refractivity contribution is 7.09. The fraction of sp³-hybridized carbons (Fsp3) is 0.286. The third-order valence-electron chi connectivity index (χ3n) is 2.94. The highest BCUT2D eigenvalue weighted by atomic mass is 32.1. The van der Waals surface area contributed by atoms with E-state index in [9.17, 15) is 4.39 Å². The zero-order chi connectivity index (χ0) is 14.5. The van der Waals surface area contributed by atoms with Crippen molar-refractivity contribution in [3.05, 3.63) is 51.2 Å². The van der Waals surface area contributed by atoms with Gasteiger partial charge >= 0.3 is 0 Å². The topological polar surface area (TPSA) is 72.0 Å². The molecule has 0 atom stereocenters. The lowest BCUT2D eigenvalue weighted by Crippen LogP contribution is -2.15. The van der Waals surface area contributed by atoms with Crippen LogP contribution in [0.2, 0.25) is 0 Å². The minimum atomic E-state index is -0.403. The summed E-state index contributed by atoms with van der Waals surface area (Å²) in [5, 5.41) is 7.44. The van der Waals surface area contributed by atoms with Crippen molar-refractivity contribution in [1.29, 1.82) is 5.41 Å². The molecule has 0 aliphatic heterocycles. The van der Waals surface area contributed by atoms with Crippen molar-refractivity contribution in [2.24, 2.45) is 5.73 Å². The molecule has 1 aromatic heterocycles. The molecule has 0 aliphatic carbocycles. The van der Waals surface area contributed by atoms with Gasteiger partial charge < -0.3 is 10.5 Å². The van der Waals surface area contributed by atoms with Crippen molar-refractivity contribution in [3.8, 4) is 0 Å². The predicted molar refractivity (Wildman–Crippen MR) is 77.6 cm³/mol. The molecule has 4 nitrogen and oxygen atoms in total. The molecule has 3 N–H and O–H groups in total. The average molecular weight is 293 g/mol. The Hall–Kier alpha value is -1.79. The standard InChI is InChI=1S/C14H16FN3OS/c1-9-13(20-8-18-9)4-5-19-7-10-2-3-11(15)6-12(10)14(16)17/h2-3,6,8H,4-5,7H2,1H3,(H3,16,17). The zero-order valence-corrected chi connectivity index (χ0v) is 12.0. The van der Waals surface area contributed by atoms with Gasteiger partial charge in [0.15, 0.2) is 0 Å². The number of nitrogens with two attached hydrogens (primary N) is 1. The minimum Gasteiger partial charge on any atom is -0.384 e. The average Bonchev–Trinajstić information content (AvgIpc) is 2.81. The zero-order valence-electron chi connectivity index (χ0n) is 11.1. The van der Waals surface area contributed by atoms with E-state index in [1.54, 1.807) is 17.4 Å². The van der Waals surface area contributed by atoms with Gasteiger partial charge in [-0.05, 0) is 24.6 Å². The quantitative estimate of drug-likeness (QED) is 0.488. The van der Waals surface area contributed by atoms with E-state index in [0.29, 0.717) is 18.8 Å². The maximum absolute atomic E-state index is 13.1. The Bertz CT molecular complexity index is 612. The minimum absolute atomic E-state index is 0.151. The largest absolute Gasteiger partial charge is 0.384 e. The van der Waals surface area contributed by atoms with Crippen molar-refractivity contribution in [3.63, 3.8) is 0 Å². The highest BCUT2D eigenvalue weighted by Crippen LogP contribution is 2.15. The number of hydrogen-bond donors (Lipinski definition) is 2. The molecule has 0 aliphatic rings. The number of thiazole rings is 1. The first-order valence-corrected chi connectivity index (χ1v) is 7.05. The monoisotopic (exact) mass is 293 g/mol. The summed E-state index contributed by atoms with van der Waals surface area (Å²) in [6.07, 6.45) is 0.799. The lowest BCUT2D eigenvalue weighted by Gasteiger charge is -2.09. The van der Waals surface area contributed by atoms with Crippen LogP contribution in [0.25, 0.3) is 0 Å². The van der Waals surface area contributed by atoms with Gasteiger partial charge in [-0.2, -0.15) is 0 Å². The number of hydrogen-bond acceptors (Lipinski definition) is 4. The molecular formula is C14H16FN3OS. The van der Waals surface area contributed by atoms with Gasteiger partial charge in [0.2, 0.25) is 0 Å². The van der Waals surface area contributed by atoms with Gasteiger partial charge in [0.05, 0.1) is 24.4 Å². The lowest BCUT2D eigenvalue weighted by atomic mass is 10.1. The first kappa shape index (κ1) is 14.6. The Morgan fingerprint density at radius 1 is 1.50 bits per heavy atom. The van der Waals surface area contributed by atoms with E-state index >= 15 is 0 Å². The molecule has 2 aromatic rings. The van der Waals surface area contributed by atoms with E-state index in [0.717, 1.165) is 17.7 Å². The van der Waals surface area contributed by atoms with Crippen LogP contribution in [0.4, 0.5) is 4.39 Å². The number of nitrogens with zero attached hydrogens (tertiary/aromatic N) is 1. The fourth-order valence-corrected chi connectivity index (χ4v) is 2.60. The van der Waals surface area contributed by atoms with Crippen LogP contribution >= 0.6 is 11.3 Å². The van der Waals surface area contributed by atoms with Gasteiger partial charge in [-0.15, -0.1) is 11.3 Å². The van der Waals surface area contributed by atoms with Gasteiger partial charge in [-0.25, -0.2) is 9.37 Å². The Kier molecular flexibility index (Phi) is 4.81. The van der Waals surface area contributed by atoms with Crippen LogP contribution in [0.3, 0.4) is 0 Å². The third kappa shape index (κ3) is 3.61. The van der Waals surface area contributed by atoms with E-state index in [2.05, 4.69) is 4.98 Å². The number of nitrogen functional groups attached to an aromatic ring is 1. The molecular weight excluding hydrogens is 277 g/mol. The van der Waals surface area contributed by atoms with E-state index in [1.165, 1.54) is 17.0 Å². The molecule has 1 aromatic carbocycles. The molecule has 20 heavy (non-hydrogen) atoms. The Labute approximate surface area is 120 Å². The molecule has 0 unspecified atom stereocenters. The first-order valence-electron chi connectivity index (χ1n) is 6.17. The Balaban J connectivity index is 1.91. The summed E-state index contributed by atoms with van der Waals surface area (Å²) in [7, 11) is 0. The molecule has 0 radical (unpaired) electrons. The van der Waals surface area contributed by atoms with Crippen molar-refractivity contribution >= 4 is 17.2 Å². The summed E-state index contributed by atoms with van der Waals surface area (Å²) in [5.41, 5.74) is 9.40. The van der Waals surface area contributed by atoms with Crippen molar-refractivity contribution < 1.29 is 9.13 Å². The maximum Gasteiger partial charge on any atom is 0.123 e. The summed E-state index contributed by atoms with van der Waals surface area (Å²) in [6.45, 7) is 2.84. The van der Waals surface area contributed by atoms with Crippen molar-refractivity contribution in [2.45, 2.75) is 20.0 Å². The van der Waals surface area contributed by atoms with Gasteiger partial charge in [0.25, 0.3) is 0 Å². The van der Waals surface area contributed by atoms with Crippen molar-refractivity contribution in [2.75, 3.05) is 6.61 Å². The first-order chi connectivity index (χ1) is 9.58. The van der Waals surface area contributed by atoms with E-state index < -0.39 is 5.82 Å². The third-order valence-corrected chi connectivity index (χ3v) is 3.93. The molecule has 0 spiro atoms. The van der Waals surface area contributed by atoms with Crippen LogP contribution in [-0.4, -0.2) is 17.4 Å². The number of amidine groups is 1. The summed E-state index contributed by atoms with van der Waals surface area (Å²) in [5.74, 6) is -0.555. The molecule has 6 heteroatoms. The van der Waals surface area contributed by atoms with Gasteiger partial charge in [-0.3, -0.25) is 5.41 Å². The molecule has 0 saturated heterocycles. The molecule has 2 rings (SSSR count). The van der Waals surface area contributed by atoms with E-state index in [1.807, 2.05) is 12.4 Å². The number of rotatable bonds is 6. The Morgan fingerprint density at radius 3 is 2.95 bits per heavy atom. The van der Waals surface area contributed by atoms with Crippen LogP contribution in [0.5, 0.6) is 0 Å². The second kappa shape index (κ2) is 6.58. The summed E-state index contributed by atoms with van der Waals surface area (Å²) < 4.78 is 18.7.